The van der Waals surface area contributed by atoms with E-state index in [4.69, 9.17) is 0 Å². The molecule has 0 aromatic heterocycles. The van der Waals surface area contributed by atoms with Crippen LogP contribution < -0.4 is 4.31 Å². The number of rotatable bonds is 3. The zero-order chi connectivity index (χ0) is 29.5. The SMILES string of the molecule is Cc1ccc(C2=C3c4cc(C)ccc4N(S(=O)(=O)c4ccccc4)C(=O)[C@@]3(C)CC23C(=O)CC(C)(C)CC3=O)cc1. The number of hydrogen-bond donors (Lipinski definition) is 0. The number of Topliss-reactive ketones (excluding diaryl/α,β-unsaturated/α-hetero) is 2. The van der Waals surface area contributed by atoms with Gasteiger partial charge in [0, 0.05) is 18.4 Å². The second-order valence-electron chi connectivity index (χ2n) is 12.8. The van der Waals surface area contributed by atoms with E-state index >= 15 is 0 Å². The minimum atomic E-state index is -4.30. The Labute approximate surface area is 241 Å². The molecule has 2 aliphatic carbocycles. The number of ketones is 2. The summed E-state index contributed by atoms with van der Waals surface area (Å²) in [7, 11) is -4.30. The van der Waals surface area contributed by atoms with Gasteiger partial charge in [0.25, 0.3) is 15.9 Å². The highest BCUT2D eigenvalue weighted by molar-refractivity contribution is 7.93. The number of allylic oxidation sites excluding steroid dienone is 1. The highest BCUT2D eigenvalue weighted by Gasteiger charge is 2.67. The first-order chi connectivity index (χ1) is 19.2. The summed E-state index contributed by atoms with van der Waals surface area (Å²) in [5, 5.41) is 0. The Balaban J connectivity index is 1.72. The van der Waals surface area contributed by atoms with Gasteiger partial charge >= 0.3 is 0 Å². The fraction of sp³-hybridized carbons (Fsp3) is 0.324. The molecule has 1 fully saturated rings. The normalized spacial score (nSPS) is 23.1. The number of benzene rings is 3. The van der Waals surface area contributed by atoms with Crippen LogP contribution >= 0.6 is 0 Å². The first-order valence-electron chi connectivity index (χ1n) is 13.9. The molecule has 0 saturated heterocycles. The van der Waals surface area contributed by atoms with E-state index in [2.05, 4.69) is 0 Å². The van der Waals surface area contributed by atoms with Crippen molar-refractivity contribution < 1.29 is 22.8 Å². The highest BCUT2D eigenvalue weighted by atomic mass is 32.2. The summed E-state index contributed by atoms with van der Waals surface area (Å²) in [6, 6.07) is 20.9. The predicted molar refractivity (Wildman–Crippen MR) is 158 cm³/mol. The van der Waals surface area contributed by atoms with Crippen LogP contribution in [0.15, 0.2) is 77.7 Å². The molecule has 3 aromatic rings. The molecule has 6 nitrogen and oxygen atoms in total. The van der Waals surface area contributed by atoms with Crippen LogP contribution in [0.5, 0.6) is 0 Å². The van der Waals surface area contributed by atoms with Crippen LogP contribution in [-0.2, 0) is 24.4 Å². The van der Waals surface area contributed by atoms with E-state index in [1.165, 1.54) is 12.1 Å². The Kier molecular flexibility index (Phi) is 5.89. The number of carbonyl (C=O) groups is 3. The summed E-state index contributed by atoms with van der Waals surface area (Å²) in [4.78, 5) is 43.2. The average molecular weight is 568 g/mol. The van der Waals surface area contributed by atoms with E-state index < -0.39 is 32.2 Å². The second kappa shape index (κ2) is 8.83. The molecule has 3 aromatic carbocycles. The molecule has 0 unspecified atom stereocenters. The number of nitrogens with zero attached hydrogens (tertiary/aromatic N) is 1. The average Bonchev–Trinajstić information content (AvgIpc) is 3.21. The van der Waals surface area contributed by atoms with Gasteiger partial charge in [-0.3, -0.25) is 14.4 Å². The van der Waals surface area contributed by atoms with Gasteiger partial charge in [-0.2, -0.15) is 0 Å². The molecule has 0 radical (unpaired) electrons. The fourth-order valence-corrected chi connectivity index (χ4v) is 8.63. The zero-order valence-corrected chi connectivity index (χ0v) is 24.8. The summed E-state index contributed by atoms with van der Waals surface area (Å²) in [5.74, 6) is -1.08. The van der Waals surface area contributed by atoms with Crippen molar-refractivity contribution in [1.82, 2.24) is 0 Å². The molecule has 0 N–H and O–H groups in total. The molecule has 1 saturated carbocycles. The van der Waals surface area contributed by atoms with Crippen LogP contribution in [0.25, 0.3) is 11.1 Å². The molecule has 1 heterocycles. The van der Waals surface area contributed by atoms with Gasteiger partial charge in [0.2, 0.25) is 0 Å². The van der Waals surface area contributed by atoms with Crippen LogP contribution in [0.4, 0.5) is 5.69 Å². The number of fused-ring (bicyclic) bond motifs is 3. The topological polar surface area (TPSA) is 88.6 Å². The van der Waals surface area contributed by atoms with Crippen LogP contribution in [-0.4, -0.2) is 25.9 Å². The molecule has 1 aliphatic heterocycles. The van der Waals surface area contributed by atoms with Gasteiger partial charge in [-0.1, -0.05) is 73.5 Å². The van der Waals surface area contributed by atoms with Gasteiger partial charge < -0.3 is 0 Å². The summed E-state index contributed by atoms with van der Waals surface area (Å²) < 4.78 is 29.1. The number of anilines is 1. The maximum Gasteiger partial charge on any atom is 0.270 e. The summed E-state index contributed by atoms with van der Waals surface area (Å²) in [6.45, 7) is 9.39. The molecule has 3 aliphatic rings. The molecule has 6 rings (SSSR count). The van der Waals surface area contributed by atoms with Crippen molar-refractivity contribution >= 4 is 44.3 Å². The Hall–Kier alpha value is -3.84. The minimum absolute atomic E-state index is 0.00561. The van der Waals surface area contributed by atoms with Crippen LogP contribution in [0, 0.1) is 30.1 Å². The third-order valence-corrected chi connectivity index (χ3v) is 10.7. The van der Waals surface area contributed by atoms with Crippen LogP contribution in [0.3, 0.4) is 0 Å². The summed E-state index contributed by atoms with van der Waals surface area (Å²) in [6.07, 6.45) is 0.288. The van der Waals surface area contributed by atoms with E-state index in [1.54, 1.807) is 37.3 Å². The lowest BCUT2D eigenvalue weighted by atomic mass is 9.58. The fourth-order valence-electron chi connectivity index (χ4n) is 7.08. The third kappa shape index (κ3) is 3.82. The van der Waals surface area contributed by atoms with E-state index in [0.29, 0.717) is 22.3 Å². The lowest BCUT2D eigenvalue weighted by molar-refractivity contribution is -0.145. The van der Waals surface area contributed by atoms with Gasteiger partial charge in [-0.15, -0.1) is 0 Å². The van der Waals surface area contributed by atoms with Gasteiger partial charge in [-0.25, -0.2) is 12.7 Å². The standard InChI is InChI=1S/C34H33NO5S/c1-21-11-14-23(15-12-21)29-30-25-17-22(2)13-16-26(25)35(41(39,40)24-9-7-6-8-10-24)31(38)33(30,5)20-34(29)27(36)18-32(3,4)19-28(34)37/h6-17H,18-20H2,1-5H3/t33-/m0/s1. The molecule has 0 bridgehead atoms. The van der Waals surface area contributed by atoms with Gasteiger partial charge in [-0.05, 0) is 73.6 Å². The summed E-state index contributed by atoms with van der Waals surface area (Å²) >= 11 is 0. The molecule has 1 amide bonds. The van der Waals surface area contributed by atoms with Crippen molar-refractivity contribution in [3.05, 3.63) is 95.1 Å². The van der Waals surface area contributed by atoms with Gasteiger partial charge in [0.15, 0.2) is 11.6 Å². The largest absolute Gasteiger partial charge is 0.298 e. The quantitative estimate of drug-likeness (QED) is 0.347. The number of hydrogen-bond acceptors (Lipinski definition) is 5. The second-order valence-corrected chi connectivity index (χ2v) is 14.6. The number of aryl methyl sites for hydroxylation is 2. The van der Waals surface area contributed by atoms with E-state index in [9.17, 15) is 22.8 Å². The monoisotopic (exact) mass is 567 g/mol. The van der Waals surface area contributed by atoms with Crippen molar-refractivity contribution in [1.29, 1.82) is 0 Å². The molecule has 41 heavy (non-hydrogen) atoms. The molecular weight excluding hydrogens is 534 g/mol. The van der Waals surface area contributed by atoms with Gasteiger partial charge in [0.05, 0.1) is 16.0 Å². The van der Waals surface area contributed by atoms with E-state index in [-0.39, 0.29) is 41.4 Å². The Morgan fingerprint density at radius 3 is 1.93 bits per heavy atom. The number of amides is 1. The van der Waals surface area contributed by atoms with Crippen molar-refractivity contribution in [3.63, 3.8) is 0 Å². The number of carbonyl (C=O) groups excluding carboxylic acids is 3. The Bertz CT molecular complexity index is 1760. The first-order valence-corrected chi connectivity index (χ1v) is 15.3. The lowest BCUT2D eigenvalue weighted by Crippen LogP contribution is -2.52. The van der Waals surface area contributed by atoms with Crippen molar-refractivity contribution in [2.24, 2.45) is 16.2 Å². The molecule has 1 atom stereocenters. The van der Waals surface area contributed by atoms with Crippen molar-refractivity contribution in [2.75, 3.05) is 4.31 Å². The third-order valence-electron chi connectivity index (χ3n) is 9.00. The van der Waals surface area contributed by atoms with E-state index in [1.807, 2.05) is 58.0 Å². The highest BCUT2D eigenvalue weighted by Crippen LogP contribution is 2.67. The minimum Gasteiger partial charge on any atom is -0.298 e. The maximum atomic E-state index is 14.7. The first kappa shape index (κ1) is 27.3. The van der Waals surface area contributed by atoms with Crippen molar-refractivity contribution in [3.8, 4) is 0 Å². The molecule has 210 valence electrons. The zero-order valence-electron chi connectivity index (χ0n) is 23.9. The molecular formula is C34H33NO5S. The smallest absolute Gasteiger partial charge is 0.270 e. The summed E-state index contributed by atoms with van der Waals surface area (Å²) in [5.41, 5.74) is 1.03. The molecule has 7 heteroatoms. The lowest BCUT2D eigenvalue weighted by Gasteiger charge is -2.42. The van der Waals surface area contributed by atoms with Crippen LogP contribution in [0.2, 0.25) is 0 Å². The maximum absolute atomic E-state index is 14.7. The number of sulfonamides is 1. The Morgan fingerprint density at radius 2 is 1.32 bits per heavy atom. The van der Waals surface area contributed by atoms with E-state index in [0.717, 1.165) is 15.4 Å². The predicted octanol–water partition coefficient (Wildman–Crippen LogP) is 6.30. The Morgan fingerprint density at radius 1 is 0.732 bits per heavy atom. The van der Waals surface area contributed by atoms with Gasteiger partial charge in [0.1, 0.15) is 5.41 Å². The van der Waals surface area contributed by atoms with Crippen LogP contribution in [0.1, 0.15) is 62.3 Å². The molecule has 1 spiro atoms. The van der Waals surface area contributed by atoms with Crippen molar-refractivity contribution in [2.45, 2.75) is 58.8 Å².